The van der Waals surface area contributed by atoms with Gasteiger partial charge in [0.25, 0.3) is 5.91 Å². The molecule has 2 aromatic carbocycles. The molecule has 6 nitrogen and oxygen atoms in total. The van der Waals surface area contributed by atoms with Gasteiger partial charge in [-0.2, -0.15) is 0 Å². The molecule has 0 saturated carbocycles. The lowest BCUT2D eigenvalue weighted by atomic mass is 10.1. The zero-order valence-electron chi connectivity index (χ0n) is 16.1. The maximum absolute atomic E-state index is 12.4. The van der Waals surface area contributed by atoms with Crippen LogP contribution < -0.4 is 16.0 Å². The van der Waals surface area contributed by atoms with Crippen molar-refractivity contribution in [2.45, 2.75) is 40.2 Å². The summed E-state index contributed by atoms with van der Waals surface area (Å²) in [6.45, 7) is 7.18. The molecule has 142 valence electrons. The molecular weight excluding hydrogens is 342 g/mol. The third kappa shape index (κ3) is 5.67. The zero-order chi connectivity index (χ0) is 20.0. The van der Waals surface area contributed by atoms with Gasteiger partial charge in [0.05, 0.1) is 0 Å². The van der Waals surface area contributed by atoms with Gasteiger partial charge < -0.3 is 16.0 Å². The molecule has 0 saturated heterocycles. The lowest BCUT2D eigenvalue weighted by Gasteiger charge is -2.15. The van der Waals surface area contributed by atoms with Crippen molar-refractivity contribution in [3.63, 3.8) is 0 Å². The molecule has 0 heterocycles. The molecule has 27 heavy (non-hydrogen) atoms. The van der Waals surface area contributed by atoms with E-state index in [1.165, 1.54) is 0 Å². The monoisotopic (exact) mass is 367 g/mol. The Kier molecular flexibility index (Phi) is 6.71. The van der Waals surface area contributed by atoms with Crippen LogP contribution in [0.5, 0.6) is 0 Å². The Labute approximate surface area is 159 Å². The SMILES string of the molecule is CCC(=O)N[C@H](C)C(=O)Nc1ccc(C)c(NC(=O)c2ccc(C)cc2)c1. The van der Waals surface area contributed by atoms with Gasteiger partial charge in [-0.1, -0.05) is 30.7 Å². The van der Waals surface area contributed by atoms with E-state index in [2.05, 4.69) is 16.0 Å². The van der Waals surface area contributed by atoms with Crippen molar-refractivity contribution < 1.29 is 14.4 Å². The van der Waals surface area contributed by atoms with E-state index in [9.17, 15) is 14.4 Å². The lowest BCUT2D eigenvalue weighted by Crippen LogP contribution is -2.41. The first kappa shape index (κ1) is 20.2. The molecule has 2 aromatic rings. The number of carbonyl (C=O) groups is 3. The van der Waals surface area contributed by atoms with Crippen LogP contribution in [0.4, 0.5) is 11.4 Å². The number of aryl methyl sites for hydroxylation is 2. The summed E-state index contributed by atoms with van der Waals surface area (Å²) in [7, 11) is 0. The van der Waals surface area contributed by atoms with Crippen LogP contribution in [0, 0.1) is 13.8 Å². The van der Waals surface area contributed by atoms with Gasteiger partial charge in [-0.05, 0) is 50.6 Å². The second kappa shape index (κ2) is 8.98. The van der Waals surface area contributed by atoms with Gasteiger partial charge in [0.2, 0.25) is 11.8 Å². The van der Waals surface area contributed by atoms with Crippen molar-refractivity contribution in [1.82, 2.24) is 5.32 Å². The van der Waals surface area contributed by atoms with Gasteiger partial charge in [0, 0.05) is 23.4 Å². The molecule has 0 aromatic heterocycles. The number of anilines is 2. The predicted molar refractivity (Wildman–Crippen MR) is 107 cm³/mol. The fraction of sp³-hybridized carbons (Fsp3) is 0.286. The molecule has 0 fully saturated rings. The third-order valence-electron chi connectivity index (χ3n) is 4.16. The van der Waals surface area contributed by atoms with Crippen molar-refractivity contribution >= 4 is 29.1 Å². The van der Waals surface area contributed by atoms with E-state index >= 15 is 0 Å². The second-order valence-corrected chi connectivity index (χ2v) is 6.48. The summed E-state index contributed by atoms with van der Waals surface area (Å²) in [6.07, 6.45) is 0.317. The summed E-state index contributed by atoms with van der Waals surface area (Å²) in [5.74, 6) is -0.728. The average Bonchev–Trinajstić information content (AvgIpc) is 2.64. The van der Waals surface area contributed by atoms with Crippen molar-refractivity contribution in [3.05, 3.63) is 59.2 Å². The first-order valence-corrected chi connectivity index (χ1v) is 8.89. The Balaban J connectivity index is 2.09. The smallest absolute Gasteiger partial charge is 0.255 e. The van der Waals surface area contributed by atoms with E-state index in [0.29, 0.717) is 23.4 Å². The highest BCUT2D eigenvalue weighted by Crippen LogP contribution is 2.21. The van der Waals surface area contributed by atoms with E-state index in [0.717, 1.165) is 11.1 Å². The normalized spacial score (nSPS) is 11.4. The van der Waals surface area contributed by atoms with Crippen LogP contribution in [0.2, 0.25) is 0 Å². The van der Waals surface area contributed by atoms with E-state index < -0.39 is 6.04 Å². The van der Waals surface area contributed by atoms with Gasteiger partial charge in [-0.25, -0.2) is 0 Å². The summed E-state index contributed by atoms with van der Waals surface area (Å²) < 4.78 is 0. The quantitative estimate of drug-likeness (QED) is 0.731. The molecule has 0 bridgehead atoms. The highest BCUT2D eigenvalue weighted by molar-refractivity contribution is 6.05. The molecule has 6 heteroatoms. The number of carbonyl (C=O) groups excluding carboxylic acids is 3. The minimum absolute atomic E-state index is 0.187. The standard InChI is InChI=1S/C21H25N3O3/c1-5-19(25)22-15(4)20(26)23-17-11-8-14(3)18(12-17)24-21(27)16-9-6-13(2)7-10-16/h6-12,15H,5H2,1-4H3,(H,22,25)(H,23,26)(H,24,27)/t15-/m1/s1. The molecule has 0 aliphatic heterocycles. The molecule has 0 radical (unpaired) electrons. The van der Waals surface area contributed by atoms with Gasteiger partial charge in [0.1, 0.15) is 6.04 Å². The van der Waals surface area contributed by atoms with E-state index in [4.69, 9.17) is 0 Å². The molecule has 0 aliphatic rings. The van der Waals surface area contributed by atoms with E-state index in [1.807, 2.05) is 32.0 Å². The third-order valence-corrected chi connectivity index (χ3v) is 4.16. The maximum atomic E-state index is 12.4. The summed E-state index contributed by atoms with van der Waals surface area (Å²) in [5.41, 5.74) is 3.67. The first-order valence-electron chi connectivity index (χ1n) is 8.89. The lowest BCUT2D eigenvalue weighted by molar-refractivity contribution is -0.125. The molecule has 1 atom stereocenters. The average molecular weight is 367 g/mol. The van der Waals surface area contributed by atoms with Crippen LogP contribution >= 0.6 is 0 Å². The molecular formula is C21H25N3O3. The van der Waals surface area contributed by atoms with Gasteiger partial charge in [-0.15, -0.1) is 0 Å². The second-order valence-electron chi connectivity index (χ2n) is 6.48. The predicted octanol–water partition coefficient (Wildman–Crippen LogP) is 3.41. The molecule has 0 unspecified atom stereocenters. The minimum Gasteiger partial charge on any atom is -0.345 e. The number of benzene rings is 2. The number of hydrogen-bond acceptors (Lipinski definition) is 3. The van der Waals surface area contributed by atoms with Crippen molar-refractivity contribution in [3.8, 4) is 0 Å². The Morgan fingerprint density at radius 3 is 2.26 bits per heavy atom. The fourth-order valence-corrected chi connectivity index (χ4v) is 2.39. The maximum Gasteiger partial charge on any atom is 0.255 e. The topological polar surface area (TPSA) is 87.3 Å². The van der Waals surface area contributed by atoms with E-state index in [-0.39, 0.29) is 17.7 Å². The van der Waals surface area contributed by atoms with Crippen LogP contribution in [-0.4, -0.2) is 23.8 Å². The number of amides is 3. The molecule has 3 amide bonds. The number of rotatable bonds is 6. The number of hydrogen-bond donors (Lipinski definition) is 3. The minimum atomic E-state index is -0.649. The van der Waals surface area contributed by atoms with Gasteiger partial charge in [-0.3, -0.25) is 14.4 Å². The van der Waals surface area contributed by atoms with Crippen molar-refractivity contribution in [2.75, 3.05) is 10.6 Å². The van der Waals surface area contributed by atoms with Crippen LogP contribution in [0.1, 0.15) is 41.8 Å². The summed E-state index contributed by atoms with van der Waals surface area (Å²) in [5, 5.41) is 8.24. The van der Waals surface area contributed by atoms with Gasteiger partial charge in [0.15, 0.2) is 0 Å². The van der Waals surface area contributed by atoms with Crippen LogP contribution in [-0.2, 0) is 9.59 Å². The Morgan fingerprint density at radius 2 is 1.63 bits per heavy atom. The van der Waals surface area contributed by atoms with Crippen LogP contribution in [0.3, 0.4) is 0 Å². The molecule has 2 rings (SSSR count). The zero-order valence-corrected chi connectivity index (χ0v) is 16.1. The fourth-order valence-electron chi connectivity index (χ4n) is 2.39. The van der Waals surface area contributed by atoms with Crippen molar-refractivity contribution in [1.29, 1.82) is 0 Å². The molecule has 0 aliphatic carbocycles. The summed E-state index contributed by atoms with van der Waals surface area (Å²) in [6, 6.07) is 11.9. The van der Waals surface area contributed by atoms with Crippen LogP contribution in [0.25, 0.3) is 0 Å². The highest BCUT2D eigenvalue weighted by Gasteiger charge is 2.15. The highest BCUT2D eigenvalue weighted by atomic mass is 16.2. The molecule has 3 N–H and O–H groups in total. The Bertz CT molecular complexity index is 844. The summed E-state index contributed by atoms with van der Waals surface area (Å²) in [4.78, 5) is 36.1. The Hall–Kier alpha value is -3.15. The first-order chi connectivity index (χ1) is 12.8. The van der Waals surface area contributed by atoms with E-state index in [1.54, 1.807) is 38.1 Å². The number of nitrogens with one attached hydrogen (secondary N) is 3. The largest absolute Gasteiger partial charge is 0.345 e. The molecule has 0 spiro atoms. The summed E-state index contributed by atoms with van der Waals surface area (Å²) >= 11 is 0. The van der Waals surface area contributed by atoms with Gasteiger partial charge >= 0.3 is 0 Å². The van der Waals surface area contributed by atoms with Crippen molar-refractivity contribution in [2.24, 2.45) is 0 Å². The van der Waals surface area contributed by atoms with Crippen LogP contribution in [0.15, 0.2) is 42.5 Å². The Morgan fingerprint density at radius 1 is 0.963 bits per heavy atom.